The van der Waals surface area contributed by atoms with Crippen LogP contribution in [-0.2, 0) is 11.3 Å². The maximum absolute atomic E-state index is 13.0. The van der Waals surface area contributed by atoms with Crippen molar-refractivity contribution in [3.8, 4) is 5.75 Å². The van der Waals surface area contributed by atoms with E-state index in [0.29, 0.717) is 28.8 Å². The summed E-state index contributed by atoms with van der Waals surface area (Å²) in [5.41, 5.74) is 3.41. The van der Waals surface area contributed by atoms with E-state index >= 15 is 0 Å². The van der Waals surface area contributed by atoms with Gasteiger partial charge in [-0.2, -0.15) is 0 Å². The SMILES string of the molecule is C=CCn1c(SCC(=O)Nc2cc(C)ccc2C)nnc1[C@@H](NC(=O)c1ccc(OC)cc1)C(C)C. The molecule has 0 aliphatic rings. The highest BCUT2D eigenvalue weighted by Crippen LogP contribution is 2.26. The Kier molecular flexibility index (Phi) is 9.30. The number of carbonyl (C=O) groups excluding carboxylic acids is 2. The van der Waals surface area contributed by atoms with Crippen molar-refractivity contribution in [1.29, 1.82) is 0 Å². The van der Waals surface area contributed by atoms with E-state index in [0.717, 1.165) is 16.8 Å². The number of nitrogens with one attached hydrogen (secondary N) is 2. The van der Waals surface area contributed by atoms with Crippen molar-refractivity contribution in [2.24, 2.45) is 5.92 Å². The van der Waals surface area contributed by atoms with Crippen molar-refractivity contribution in [1.82, 2.24) is 20.1 Å². The first kappa shape index (κ1) is 27.0. The summed E-state index contributed by atoms with van der Waals surface area (Å²) in [5.74, 6) is 1.17. The lowest BCUT2D eigenvalue weighted by Gasteiger charge is -2.22. The Morgan fingerprint density at radius 2 is 1.86 bits per heavy atom. The molecule has 1 heterocycles. The predicted octanol–water partition coefficient (Wildman–Crippen LogP) is 4.95. The van der Waals surface area contributed by atoms with E-state index in [2.05, 4.69) is 27.4 Å². The van der Waals surface area contributed by atoms with Gasteiger partial charge in [-0.15, -0.1) is 16.8 Å². The third-order valence-corrected chi connectivity index (χ3v) is 6.61. The zero-order chi connectivity index (χ0) is 26.2. The minimum atomic E-state index is -0.384. The summed E-state index contributed by atoms with van der Waals surface area (Å²) in [6.45, 7) is 12.3. The first-order valence-electron chi connectivity index (χ1n) is 11.7. The van der Waals surface area contributed by atoms with Crippen molar-refractivity contribution in [3.63, 3.8) is 0 Å². The number of carbonyl (C=O) groups is 2. The second-order valence-corrected chi connectivity index (χ2v) is 9.76. The predicted molar refractivity (Wildman–Crippen MR) is 144 cm³/mol. The molecular formula is C27H33N5O3S. The van der Waals surface area contributed by atoms with Crippen LogP contribution >= 0.6 is 11.8 Å². The van der Waals surface area contributed by atoms with Crippen LogP contribution in [0, 0.1) is 19.8 Å². The monoisotopic (exact) mass is 507 g/mol. The topological polar surface area (TPSA) is 98.1 Å². The molecule has 2 aromatic carbocycles. The first-order valence-corrected chi connectivity index (χ1v) is 12.7. The zero-order valence-electron chi connectivity index (χ0n) is 21.4. The molecule has 2 amide bonds. The molecule has 0 radical (unpaired) electrons. The van der Waals surface area contributed by atoms with Gasteiger partial charge < -0.3 is 19.9 Å². The fraction of sp³-hybridized carbons (Fsp3) is 0.333. The number of anilines is 1. The Labute approximate surface area is 216 Å². The van der Waals surface area contributed by atoms with Gasteiger partial charge in [-0.1, -0.05) is 43.8 Å². The third kappa shape index (κ3) is 6.75. The molecule has 1 atom stereocenters. The molecule has 36 heavy (non-hydrogen) atoms. The van der Waals surface area contributed by atoms with E-state index in [1.807, 2.05) is 50.5 Å². The van der Waals surface area contributed by atoms with Crippen molar-refractivity contribution in [2.75, 3.05) is 18.2 Å². The van der Waals surface area contributed by atoms with Crippen molar-refractivity contribution >= 4 is 29.3 Å². The van der Waals surface area contributed by atoms with E-state index in [-0.39, 0.29) is 29.5 Å². The summed E-state index contributed by atoms with van der Waals surface area (Å²) in [6, 6.07) is 12.5. The molecule has 1 aromatic heterocycles. The van der Waals surface area contributed by atoms with Gasteiger partial charge in [0.05, 0.1) is 18.9 Å². The minimum absolute atomic E-state index is 0.0467. The quantitative estimate of drug-likeness (QED) is 0.282. The summed E-state index contributed by atoms with van der Waals surface area (Å²) < 4.78 is 7.06. The van der Waals surface area contributed by atoms with E-state index in [1.54, 1.807) is 37.5 Å². The summed E-state index contributed by atoms with van der Waals surface area (Å²) in [6.07, 6.45) is 1.75. The minimum Gasteiger partial charge on any atom is -0.497 e. The van der Waals surface area contributed by atoms with E-state index < -0.39 is 0 Å². The third-order valence-electron chi connectivity index (χ3n) is 5.64. The fourth-order valence-electron chi connectivity index (χ4n) is 3.62. The number of amides is 2. The molecule has 2 N–H and O–H groups in total. The average molecular weight is 508 g/mol. The number of methoxy groups -OCH3 is 1. The van der Waals surface area contributed by atoms with Gasteiger partial charge in [-0.25, -0.2) is 0 Å². The summed E-state index contributed by atoms with van der Waals surface area (Å²) >= 11 is 1.30. The lowest BCUT2D eigenvalue weighted by Crippen LogP contribution is -2.33. The highest BCUT2D eigenvalue weighted by molar-refractivity contribution is 7.99. The molecule has 0 saturated carbocycles. The number of thioether (sulfide) groups is 1. The number of rotatable bonds is 11. The molecule has 0 aliphatic carbocycles. The van der Waals surface area contributed by atoms with Gasteiger partial charge in [0.1, 0.15) is 5.75 Å². The van der Waals surface area contributed by atoms with Crippen LogP contribution < -0.4 is 15.4 Å². The maximum Gasteiger partial charge on any atom is 0.251 e. The number of aromatic nitrogens is 3. The Balaban J connectivity index is 1.75. The molecule has 190 valence electrons. The largest absolute Gasteiger partial charge is 0.497 e. The number of hydrogen-bond acceptors (Lipinski definition) is 6. The van der Waals surface area contributed by atoms with Crippen molar-refractivity contribution in [2.45, 2.75) is 45.4 Å². The van der Waals surface area contributed by atoms with Gasteiger partial charge in [0, 0.05) is 17.8 Å². The maximum atomic E-state index is 13.0. The Morgan fingerprint density at radius 3 is 2.50 bits per heavy atom. The van der Waals surface area contributed by atoms with Crippen LogP contribution in [0.3, 0.4) is 0 Å². The van der Waals surface area contributed by atoms with Gasteiger partial charge in [0.15, 0.2) is 11.0 Å². The molecule has 8 nitrogen and oxygen atoms in total. The van der Waals surface area contributed by atoms with E-state index in [1.165, 1.54) is 11.8 Å². The molecule has 0 unspecified atom stereocenters. The van der Waals surface area contributed by atoms with Crippen LogP contribution in [0.25, 0.3) is 0 Å². The molecule has 3 aromatic rings. The summed E-state index contributed by atoms with van der Waals surface area (Å²) in [5, 5.41) is 15.4. The molecule has 9 heteroatoms. The Morgan fingerprint density at radius 1 is 1.14 bits per heavy atom. The number of ether oxygens (including phenoxy) is 1. The first-order chi connectivity index (χ1) is 17.2. The summed E-state index contributed by atoms with van der Waals surface area (Å²) in [4.78, 5) is 25.6. The number of nitrogens with zero attached hydrogens (tertiary/aromatic N) is 3. The highest BCUT2D eigenvalue weighted by atomic mass is 32.2. The standard InChI is InChI=1S/C27H33N5O3S/c1-7-14-32-25(24(17(2)3)29-26(34)20-10-12-21(35-6)13-11-20)30-31-27(32)36-16-23(33)28-22-15-18(4)8-9-19(22)5/h7-13,15,17,24H,1,14,16H2,2-6H3,(H,28,33)(H,29,34)/t24-/m0/s1. The lowest BCUT2D eigenvalue weighted by molar-refractivity contribution is -0.113. The fourth-order valence-corrected chi connectivity index (χ4v) is 4.38. The average Bonchev–Trinajstić information content (AvgIpc) is 3.25. The number of aryl methyl sites for hydroxylation is 2. The van der Waals surface area contributed by atoms with Crippen LogP contribution in [0.4, 0.5) is 5.69 Å². The second kappa shape index (κ2) is 12.4. The molecule has 3 rings (SSSR count). The Hall–Kier alpha value is -3.59. The van der Waals surface area contributed by atoms with Crippen LogP contribution in [0.2, 0.25) is 0 Å². The normalized spacial score (nSPS) is 11.7. The molecule has 0 fully saturated rings. The van der Waals surface area contributed by atoms with Crippen molar-refractivity contribution < 1.29 is 14.3 Å². The van der Waals surface area contributed by atoms with E-state index in [4.69, 9.17) is 4.74 Å². The number of allylic oxidation sites excluding steroid dienone is 1. The Bertz CT molecular complexity index is 1220. The zero-order valence-corrected chi connectivity index (χ0v) is 22.2. The molecule has 0 spiro atoms. The van der Waals surface area contributed by atoms with Crippen LogP contribution in [0.15, 0.2) is 60.3 Å². The van der Waals surface area contributed by atoms with Gasteiger partial charge in [0.25, 0.3) is 5.91 Å². The van der Waals surface area contributed by atoms with Gasteiger partial charge in [-0.05, 0) is 61.2 Å². The second-order valence-electron chi connectivity index (χ2n) is 8.82. The van der Waals surface area contributed by atoms with Gasteiger partial charge in [-0.3, -0.25) is 9.59 Å². The van der Waals surface area contributed by atoms with E-state index in [9.17, 15) is 9.59 Å². The van der Waals surface area contributed by atoms with Gasteiger partial charge in [0.2, 0.25) is 5.91 Å². The smallest absolute Gasteiger partial charge is 0.251 e. The highest BCUT2D eigenvalue weighted by Gasteiger charge is 2.26. The number of hydrogen-bond donors (Lipinski definition) is 2. The van der Waals surface area contributed by atoms with Crippen molar-refractivity contribution in [3.05, 3.63) is 77.6 Å². The van der Waals surface area contributed by atoms with Gasteiger partial charge >= 0.3 is 0 Å². The summed E-state index contributed by atoms with van der Waals surface area (Å²) in [7, 11) is 1.58. The number of benzene rings is 2. The van der Waals surface area contributed by atoms with Crippen LogP contribution in [0.5, 0.6) is 5.75 Å². The molecule has 0 aliphatic heterocycles. The molecular weight excluding hydrogens is 474 g/mol. The van der Waals surface area contributed by atoms with Crippen LogP contribution in [0.1, 0.15) is 47.2 Å². The molecule has 0 bridgehead atoms. The lowest BCUT2D eigenvalue weighted by atomic mass is 10.0. The van der Waals surface area contributed by atoms with Crippen LogP contribution in [-0.4, -0.2) is 39.4 Å². The molecule has 0 saturated heterocycles.